The third-order valence-corrected chi connectivity index (χ3v) is 4.48. The van der Waals surface area contributed by atoms with Gasteiger partial charge in [-0.3, -0.25) is 0 Å². The Labute approximate surface area is 138 Å². The molecule has 0 bridgehead atoms. The average Bonchev–Trinajstić information content (AvgIpc) is 2.62. The highest BCUT2D eigenvalue weighted by atomic mass is 16.3. The van der Waals surface area contributed by atoms with Crippen molar-refractivity contribution in [1.29, 1.82) is 0 Å². The molecule has 1 nitrogen and oxygen atoms in total. The summed E-state index contributed by atoms with van der Waals surface area (Å²) >= 11 is 0. The summed E-state index contributed by atoms with van der Waals surface area (Å²) in [7, 11) is 0. The summed E-state index contributed by atoms with van der Waals surface area (Å²) in [5, 5.41) is 9.62. The molecular weight excluding hydrogens is 280 g/mol. The first-order chi connectivity index (χ1) is 11.3. The summed E-state index contributed by atoms with van der Waals surface area (Å²) in [6.45, 7) is 2.24. The van der Waals surface area contributed by atoms with Gasteiger partial charge >= 0.3 is 0 Å². The molecule has 0 aliphatic rings. The predicted octanol–water partition coefficient (Wildman–Crippen LogP) is 5.72. The topological polar surface area (TPSA) is 20.2 Å². The molecule has 0 saturated carbocycles. The second-order valence-corrected chi connectivity index (χ2v) is 5.91. The molecular formula is C22H22O. The van der Waals surface area contributed by atoms with E-state index in [-0.39, 0.29) is 5.92 Å². The van der Waals surface area contributed by atoms with E-state index in [0.29, 0.717) is 11.7 Å². The maximum atomic E-state index is 9.62. The summed E-state index contributed by atoms with van der Waals surface area (Å²) in [6, 6.07) is 29.0. The predicted molar refractivity (Wildman–Crippen MR) is 95.9 cm³/mol. The highest BCUT2D eigenvalue weighted by molar-refractivity contribution is 5.40. The van der Waals surface area contributed by atoms with Crippen molar-refractivity contribution < 1.29 is 5.11 Å². The van der Waals surface area contributed by atoms with E-state index in [9.17, 15) is 5.11 Å². The molecule has 0 aliphatic heterocycles. The molecule has 3 rings (SSSR count). The monoisotopic (exact) mass is 302 g/mol. The number of hydrogen-bond donors (Lipinski definition) is 1. The summed E-state index contributed by atoms with van der Waals surface area (Å²) in [6.07, 6.45) is 1.06. The zero-order valence-electron chi connectivity index (χ0n) is 13.4. The van der Waals surface area contributed by atoms with Crippen LogP contribution in [-0.2, 0) is 0 Å². The first-order valence-electron chi connectivity index (χ1n) is 8.18. The quantitative estimate of drug-likeness (QED) is 0.639. The molecule has 0 aromatic heterocycles. The molecule has 3 aromatic rings. The Morgan fingerprint density at radius 1 is 0.652 bits per heavy atom. The molecule has 23 heavy (non-hydrogen) atoms. The van der Waals surface area contributed by atoms with Gasteiger partial charge in [0.25, 0.3) is 0 Å². The molecule has 3 aromatic carbocycles. The Morgan fingerprint density at radius 3 is 1.65 bits per heavy atom. The Kier molecular flexibility index (Phi) is 4.77. The maximum Gasteiger partial charge on any atom is 0.115 e. The highest BCUT2D eigenvalue weighted by Crippen LogP contribution is 2.40. The van der Waals surface area contributed by atoms with Gasteiger partial charge in [-0.1, -0.05) is 79.7 Å². The Morgan fingerprint density at radius 2 is 1.13 bits per heavy atom. The Hall–Kier alpha value is -2.54. The summed E-state index contributed by atoms with van der Waals surface area (Å²) < 4.78 is 0. The molecule has 0 amide bonds. The smallest absolute Gasteiger partial charge is 0.115 e. The van der Waals surface area contributed by atoms with Gasteiger partial charge < -0.3 is 5.11 Å². The minimum Gasteiger partial charge on any atom is -0.508 e. The standard InChI is InChI=1S/C22H22O/c1-2-21(17-9-5-3-6-10-17)22(18-11-7-4-8-12-18)19-13-15-20(23)16-14-19/h3-16,21-23H,2H2,1H3. The maximum absolute atomic E-state index is 9.62. The van der Waals surface area contributed by atoms with Gasteiger partial charge in [-0.15, -0.1) is 0 Å². The van der Waals surface area contributed by atoms with Gasteiger partial charge in [0.05, 0.1) is 0 Å². The molecule has 116 valence electrons. The van der Waals surface area contributed by atoms with Crippen molar-refractivity contribution in [3.63, 3.8) is 0 Å². The molecule has 0 saturated heterocycles. The molecule has 2 atom stereocenters. The number of phenolic OH excluding ortho intramolecular Hbond substituents is 1. The normalized spacial score (nSPS) is 13.4. The van der Waals surface area contributed by atoms with Crippen LogP contribution in [-0.4, -0.2) is 5.11 Å². The Bertz CT molecular complexity index is 717. The van der Waals surface area contributed by atoms with Crippen molar-refractivity contribution in [3.05, 3.63) is 102 Å². The van der Waals surface area contributed by atoms with Crippen LogP contribution in [0.5, 0.6) is 5.75 Å². The van der Waals surface area contributed by atoms with Crippen molar-refractivity contribution in [1.82, 2.24) is 0 Å². The van der Waals surface area contributed by atoms with Gasteiger partial charge in [0.2, 0.25) is 0 Å². The minimum atomic E-state index is 0.282. The molecule has 2 unspecified atom stereocenters. The number of rotatable bonds is 5. The van der Waals surface area contributed by atoms with Crippen molar-refractivity contribution >= 4 is 0 Å². The average molecular weight is 302 g/mol. The first kappa shape index (κ1) is 15.4. The molecule has 0 aliphatic carbocycles. The van der Waals surface area contributed by atoms with Gasteiger partial charge in [-0.05, 0) is 41.2 Å². The fourth-order valence-corrected chi connectivity index (χ4v) is 3.36. The number of phenols is 1. The van der Waals surface area contributed by atoms with Crippen molar-refractivity contribution in [2.45, 2.75) is 25.2 Å². The molecule has 0 fully saturated rings. The Balaban J connectivity index is 2.09. The largest absolute Gasteiger partial charge is 0.508 e. The van der Waals surface area contributed by atoms with E-state index in [1.165, 1.54) is 16.7 Å². The van der Waals surface area contributed by atoms with E-state index in [1.807, 2.05) is 12.1 Å². The van der Waals surface area contributed by atoms with Crippen LogP contribution in [0, 0.1) is 0 Å². The van der Waals surface area contributed by atoms with Crippen LogP contribution < -0.4 is 0 Å². The summed E-state index contributed by atoms with van der Waals surface area (Å²) in [5.74, 6) is 1.00. The van der Waals surface area contributed by atoms with E-state index < -0.39 is 0 Å². The van der Waals surface area contributed by atoms with E-state index in [4.69, 9.17) is 0 Å². The fraction of sp³-hybridized carbons (Fsp3) is 0.182. The van der Waals surface area contributed by atoms with Crippen molar-refractivity contribution in [3.8, 4) is 5.75 Å². The minimum absolute atomic E-state index is 0.282. The molecule has 1 N–H and O–H groups in total. The van der Waals surface area contributed by atoms with Gasteiger partial charge in [0, 0.05) is 5.92 Å². The van der Waals surface area contributed by atoms with Crippen molar-refractivity contribution in [2.24, 2.45) is 0 Å². The summed E-state index contributed by atoms with van der Waals surface area (Å²) in [5.41, 5.74) is 3.91. The lowest BCUT2D eigenvalue weighted by molar-refractivity contribution is 0.474. The van der Waals surface area contributed by atoms with Gasteiger partial charge in [-0.2, -0.15) is 0 Å². The van der Waals surface area contributed by atoms with Crippen LogP contribution in [0.4, 0.5) is 0 Å². The van der Waals surface area contributed by atoms with Crippen LogP contribution in [0.15, 0.2) is 84.9 Å². The number of hydrogen-bond acceptors (Lipinski definition) is 1. The highest BCUT2D eigenvalue weighted by Gasteiger charge is 2.24. The van der Waals surface area contributed by atoms with E-state index >= 15 is 0 Å². The van der Waals surface area contributed by atoms with Gasteiger partial charge in [0.15, 0.2) is 0 Å². The third-order valence-electron chi connectivity index (χ3n) is 4.48. The van der Waals surface area contributed by atoms with Crippen LogP contribution >= 0.6 is 0 Å². The SMILES string of the molecule is CCC(c1ccccc1)C(c1ccccc1)c1ccc(O)cc1. The number of aromatic hydroxyl groups is 1. The van der Waals surface area contributed by atoms with Gasteiger partial charge in [-0.25, -0.2) is 0 Å². The van der Waals surface area contributed by atoms with Crippen molar-refractivity contribution in [2.75, 3.05) is 0 Å². The number of benzene rings is 3. The van der Waals surface area contributed by atoms with E-state index in [1.54, 1.807) is 12.1 Å². The third kappa shape index (κ3) is 3.45. The first-order valence-corrected chi connectivity index (χ1v) is 8.18. The van der Waals surface area contributed by atoms with Crippen LogP contribution in [0.25, 0.3) is 0 Å². The zero-order valence-corrected chi connectivity index (χ0v) is 13.4. The molecule has 0 radical (unpaired) electrons. The van der Waals surface area contributed by atoms with Crippen LogP contribution in [0.3, 0.4) is 0 Å². The van der Waals surface area contributed by atoms with Gasteiger partial charge in [0.1, 0.15) is 5.75 Å². The van der Waals surface area contributed by atoms with Crippen LogP contribution in [0.1, 0.15) is 41.9 Å². The lowest BCUT2D eigenvalue weighted by atomic mass is 9.76. The lowest BCUT2D eigenvalue weighted by Crippen LogP contribution is -2.12. The molecule has 0 heterocycles. The second-order valence-electron chi connectivity index (χ2n) is 5.91. The summed E-state index contributed by atoms with van der Waals surface area (Å²) in [4.78, 5) is 0. The zero-order chi connectivity index (χ0) is 16.1. The van der Waals surface area contributed by atoms with Crippen LogP contribution in [0.2, 0.25) is 0 Å². The lowest BCUT2D eigenvalue weighted by Gasteiger charge is -2.28. The fourth-order valence-electron chi connectivity index (χ4n) is 3.36. The second kappa shape index (κ2) is 7.15. The van der Waals surface area contributed by atoms with E-state index in [2.05, 4.69) is 67.6 Å². The molecule has 1 heteroatoms. The van der Waals surface area contributed by atoms with E-state index in [0.717, 1.165) is 6.42 Å². The molecule has 0 spiro atoms.